The van der Waals surface area contributed by atoms with Crippen LogP contribution in [0.1, 0.15) is 18.5 Å². The monoisotopic (exact) mass is 255 g/mol. The number of nitrogens with two attached hydrogens (primary N) is 1. The van der Waals surface area contributed by atoms with E-state index >= 15 is 0 Å². The van der Waals surface area contributed by atoms with E-state index in [9.17, 15) is 4.79 Å². The van der Waals surface area contributed by atoms with Gasteiger partial charge in [0.05, 0.1) is 18.3 Å². The first kappa shape index (κ1) is 13.8. The van der Waals surface area contributed by atoms with Crippen LogP contribution in [0.2, 0.25) is 0 Å². The summed E-state index contributed by atoms with van der Waals surface area (Å²) in [6, 6.07) is 3.58. The van der Waals surface area contributed by atoms with Crippen LogP contribution in [0.4, 0.5) is 5.69 Å². The number of likely N-dealkylation sites (N-methyl/N-ethyl adjacent to an activating group) is 1. The summed E-state index contributed by atoms with van der Waals surface area (Å²) in [7, 11) is 1.86. The molecule has 0 aliphatic heterocycles. The summed E-state index contributed by atoms with van der Waals surface area (Å²) in [5, 5.41) is 0. The second-order valence-electron chi connectivity index (χ2n) is 4.48. The molecule has 2 N–H and O–H groups in total. The Morgan fingerprint density at radius 3 is 2.76 bits per heavy atom. The molecule has 1 aromatic rings. The molecular weight excluding hydrogens is 238 g/mol. The fraction of sp³-hybridized carbons (Fsp3) is 0.500. The summed E-state index contributed by atoms with van der Waals surface area (Å²) < 4.78 is 0. The molecule has 1 aliphatic rings. The third-order valence-corrected chi connectivity index (χ3v) is 2.83. The van der Waals surface area contributed by atoms with Gasteiger partial charge in [0.15, 0.2) is 0 Å². The number of nitrogen functional groups attached to an aromatic ring is 1. The molecular formula is C12H18ClN3O. The van der Waals surface area contributed by atoms with Crippen LogP contribution in [0, 0.1) is 5.92 Å². The van der Waals surface area contributed by atoms with E-state index in [1.54, 1.807) is 23.2 Å². The van der Waals surface area contributed by atoms with Crippen LogP contribution in [-0.2, 0) is 11.2 Å². The highest BCUT2D eigenvalue weighted by Crippen LogP contribution is 2.29. The summed E-state index contributed by atoms with van der Waals surface area (Å²) in [6.07, 6.45) is 4.47. The van der Waals surface area contributed by atoms with Crippen molar-refractivity contribution < 1.29 is 4.79 Å². The van der Waals surface area contributed by atoms with Gasteiger partial charge < -0.3 is 10.6 Å². The van der Waals surface area contributed by atoms with Gasteiger partial charge in [-0.25, -0.2) is 0 Å². The molecule has 1 heterocycles. The maximum atomic E-state index is 11.8. The van der Waals surface area contributed by atoms with Gasteiger partial charge in [-0.3, -0.25) is 9.78 Å². The molecule has 0 bridgehead atoms. The topological polar surface area (TPSA) is 59.2 Å². The molecule has 0 radical (unpaired) electrons. The van der Waals surface area contributed by atoms with Gasteiger partial charge in [-0.1, -0.05) is 0 Å². The standard InChI is InChI=1S/C12H17N3O.ClH/c1-15(8-9-2-3-9)12(16)6-11-5-4-10(13)7-14-11;/h4-5,7,9H,2-3,6,8,13H2,1H3;1H. The number of anilines is 1. The molecule has 1 aliphatic carbocycles. The zero-order chi connectivity index (χ0) is 11.5. The molecule has 0 spiro atoms. The summed E-state index contributed by atoms with van der Waals surface area (Å²) in [5.41, 5.74) is 6.94. The Kier molecular flexibility index (Phi) is 4.75. The smallest absolute Gasteiger partial charge is 0.228 e. The highest BCUT2D eigenvalue weighted by atomic mass is 35.5. The Morgan fingerprint density at radius 1 is 1.53 bits per heavy atom. The molecule has 1 amide bonds. The maximum Gasteiger partial charge on any atom is 0.228 e. The summed E-state index contributed by atoms with van der Waals surface area (Å²) in [4.78, 5) is 17.7. The molecule has 0 unspecified atom stereocenters. The second-order valence-corrected chi connectivity index (χ2v) is 4.48. The van der Waals surface area contributed by atoms with Crippen LogP contribution < -0.4 is 5.73 Å². The summed E-state index contributed by atoms with van der Waals surface area (Å²) in [6.45, 7) is 0.883. The van der Waals surface area contributed by atoms with Gasteiger partial charge in [-0.15, -0.1) is 12.4 Å². The van der Waals surface area contributed by atoms with Gasteiger partial charge in [0, 0.05) is 19.3 Å². The highest BCUT2D eigenvalue weighted by molar-refractivity contribution is 5.85. The molecule has 1 aromatic heterocycles. The Balaban J connectivity index is 0.00000144. The average molecular weight is 256 g/mol. The number of hydrogen-bond donors (Lipinski definition) is 1. The third kappa shape index (κ3) is 4.23. The Morgan fingerprint density at radius 2 is 2.24 bits per heavy atom. The van der Waals surface area contributed by atoms with E-state index in [0.717, 1.165) is 18.2 Å². The molecule has 0 aromatic carbocycles. The first-order valence-corrected chi connectivity index (χ1v) is 5.59. The van der Waals surface area contributed by atoms with Crippen molar-refractivity contribution in [2.24, 2.45) is 5.92 Å². The van der Waals surface area contributed by atoms with E-state index in [0.29, 0.717) is 12.1 Å². The minimum atomic E-state index is 0. The fourth-order valence-corrected chi connectivity index (χ4v) is 1.62. The van der Waals surface area contributed by atoms with Gasteiger partial charge >= 0.3 is 0 Å². The average Bonchev–Trinajstić information content (AvgIpc) is 3.05. The molecule has 2 rings (SSSR count). The van der Waals surface area contributed by atoms with E-state index < -0.39 is 0 Å². The van der Waals surface area contributed by atoms with Crippen LogP contribution in [0.25, 0.3) is 0 Å². The predicted octanol–water partition coefficient (Wildman–Crippen LogP) is 1.50. The van der Waals surface area contributed by atoms with Crippen molar-refractivity contribution in [2.45, 2.75) is 19.3 Å². The summed E-state index contributed by atoms with van der Waals surface area (Å²) >= 11 is 0. The minimum absolute atomic E-state index is 0. The van der Waals surface area contributed by atoms with E-state index in [1.807, 2.05) is 7.05 Å². The van der Waals surface area contributed by atoms with Crippen LogP contribution in [-0.4, -0.2) is 29.4 Å². The number of pyridine rings is 1. The fourth-order valence-electron chi connectivity index (χ4n) is 1.62. The lowest BCUT2D eigenvalue weighted by atomic mass is 10.2. The lowest BCUT2D eigenvalue weighted by molar-refractivity contribution is -0.129. The minimum Gasteiger partial charge on any atom is -0.397 e. The van der Waals surface area contributed by atoms with Crippen molar-refractivity contribution in [3.05, 3.63) is 24.0 Å². The van der Waals surface area contributed by atoms with Crippen LogP contribution in [0.3, 0.4) is 0 Å². The van der Waals surface area contributed by atoms with Crippen molar-refractivity contribution in [1.29, 1.82) is 0 Å². The number of halogens is 1. The largest absolute Gasteiger partial charge is 0.397 e. The molecule has 4 nitrogen and oxygen atoms in total. The van der Waals surface area contributed by atoms with Crippen LogP contribution >= 0.6 is 12.4 Å². The molecule has 5 heteroatoms. The van der Waals surface area contributed by atoms with Crippen molar-refractivity contribution in [1.82, 2.24) is 9.88 Å². The van der Waals surface area contributed by atoms with Crippen LogP contribution in [0.15, 0.2) is 18.3 Å². The first-order valence-electron chi connectivity index (χ1n) is 5.59. The normalized spacial score (nSPS) is 13.9. The molecule has 17 heavy (non-hydrogen) atoms. The number of aromatic nitrogens is 1. The lowest BCUT2D eigenvalue weighted by Crippen LogP contribution is -2.30. The van der Waals surface area contributed by atoms with Gasteiger partial charge in [0.2, 0.25) is 5.91 Å². The molecule has 0 atom stereocenters. The first-order chi connectivity index (χ1) is 7.65. The number of amides is 1. The number of hydrogen-bond acceptors (Lipinski definition) is 3. The molecule has 1 saturated carbocycles. The number of rotatable bonds is 4. The Hall–Kier alpha value is -1.29. The number of carbonyl (C=O) groups excluding carboxylic acids is 1. The van der Waals surface area contributed by atoms with Crippen molar-refractivity contribution in [3.8, 4) is 0 Å². The van der Waals surface area contributed by atoms with Crippen molar-refractivity contribution >= 4 is 24.0 Å². The van der Waals surface area contributed by atoms with Crippen LogP contribution in [0.5, 0.6) is 0 Å². The molecule has 1 fully saturated rings. The second kappa shape index (κ2) is 5.87. The third-order valence-electron chi connectivity index (χ3n) is 2.83. The quantitative estimate of drug-likeness (QED) is 0.887. The highest BCUT2D eigenvalue weighted by Gasteiger charge is 2.24. The van der Waals surface area contributed by atoms with Gasteiger partial charge in [0.25, 0.3) is 0 Å². The zero-order valence-corrected chi connectivity index (χ0v) is 10.7. The Bertz CT molecular complexity index is 376. The SMILES string of the molecule is CN(CC1CC1)C(=O)Cc1ccc(N)cn1.Cl. The van der Waals surface area contributed by atoms with Gasteiger partial charge in [-0.05, 0) is 30.9 Å². The zero-order valence-electron chi connectivity index (χ0n) is 9.93. The van der Waals surface area contributed by atoms with E-state index in [2.05, 4.69) is 4.98 Å². The lowest BCUT2D eigenvalue weighted by Gasteiger charge is -2.16. The molecule has 94 valence electrons. The van der Waals surface area contributed by atoms with Crippen molar-refractivity contribution in [2.75, 3.05) is 19.3 Å². The molecule has 0 saturated heterocycles. The number of carbonyl (C=O) groups is 1. The van der Waals surface area contributed by atoms with E-state index in [-0.39, 0.29) is 18.3 Å². The maximum absolute atomic E-state index is 11.8. The Labute approximate surface area is 108 Å². The van der Waals surface area contributed by atoms with E-state index in [1.165, 1.54) is 12.8 Å². The number of nitrogens with zero attached hydrogens (tertiary/aromatic N) is 2. The van der Waals surface area contributed by atoms with E-state index in [4.69, 9.17) is 5.73 Å². The van der Waals surface area contributed by atoms with Gasteiger partial charge in [0.1, 0.15) is 0 Å². The summed E-state index contributed by atoms with van der Waals surface area (Å²) in [5.74, 6) is 0.859. The van der Waals surface area contributed by atoms with Gasteiger partial charge in [-0.2, -0.15) is 0 Å². The predicted molar refractivity (Wildman–Crippen MR) is 70.0 cm³/mol. The van der Waals surface area contributed by atoms with Crippen molar-refractivity contribution in [3.63, 3.8) is 0 Å².